The Bertz CT molecular complexity index is 109. The van der Waals surface area contributed by atoms with Crippen LogP contribution in [0.1, 0.15) is 13.3 Å². The van der Waals surface area contributed by atoms with Crippen molar-refractivity contribution in [2.45, 2.75) is 13.3 Å². The van der Waals surface area contributed by atoms with E-state index >= 15 is 0 Å². The summed E-state index contributed by atoms with van der Waals surface area (Å²) in [6.07, 6.45) is 0.405. The first-order valence-corrected chi connectivity index (χ1v) is 3.29. The predicted molar refractivity (Wildman–Crippen MR) is 39.5 cm³/mol. The minimum Gasteiger partial charge on any atom is -0.421 e. The van der Waals surface area contributed by atoms with Gasteiger partial charge in [0.2, 0.25) is 0 Å². The molecule has 0 aromatic rings. The number of carbonyl (C=O) groups is 1. The molecule has 0 amide bonds. The Labute approximate surface area is 62.0 Å². The molecule has 0 aromatic carbocycles. The first-order chi connectivity index (χ1) is 3.66. The number of carbonyl (C=O) groups excluding carboxylic acids is 1. The molecule has 0 aromatic heterocycles. The number of hydrogen-bond acceptors (Lipinski definition) is 2. The first kappa shape index (κ1) is 7.94. The van der Waals surface area contributed by atoms with Crippen LogP contribution in [0.2, 0.25) is 0 Å². The van der Waals surface area contributed by atoms with Gasteiger partial charge in [-0.05, 0) is 29.2 Å². The van der Waals surface area contributed by atoms with Gasteiger partial charge in [0.1, 0.15) is 0 Å². The fourth-order valence-electron chi connectivity index (χ4n) is 0.196. The molecule has 0 saturated heterocycles. The second-order valence-corrected chi connectivity index (χ2v) is 2.39. The van der Waals surface area contributed by atoms with Gasteiger partial charge in [-0.1, -0.05) is 6.92 Å². The van der Waals surface area contributed by atoms with Crippen LogP contribution in [0.25, 0.3) is 0 Å². The van der Waals surface area contributed by atoms with Crippen LogP contribution in [0.3, 0.4) is 0 Å². The zero-order valence-electron chi connectivity index (χ0n) is 4.61. The number of rotatable bonds is 2. The zero-order chi connectivity index (χ0) is 6.57. The van der Waals surface area contributed by atoms with Gasteiger partial charge in [-0.2, -0.15) is 0 Å². The molecule has 0 atom stereocenters. The standard InChI is InChI=1S/C5H7IO2/c1-3-5(7)8-4(2)6/h2-3H2,1H3. The van der Waals surface area contributed by atoms with Gasteiger partial charge < -0.3 is 4.74 Å². The van der Waals surface area contributed by atoms with E-state index in [2.05, 4.69) is 11.3 Å². The van der Waals surface area contributed by atoms with Crippen molar-refractivity contribution in [2.75, 3.05) is 0 Å². The molecule has 0 spiro atoms. The van der Waals surface area contributed by atoms with Gasteiger partial charge in [0.25, 0.3) is 0 Å². The molecule has 0 aliphatic rings. The van der Waals surface area contributed by atoms with Crippen molar-refractivity contribution >= 4 is 28.6 Å². The summed E-state index contributed by atoms with van der Waals surface area (Å²) >= 11 is 1.84. The van der Waals surface area contributed by atoms with E-state index in [0.717, 1.165) is 0 Å². The number of hydrogen-bond donors (Lipinski definition) is 0. The van der Waals surface area contributed by atoms with Crippen molar-refractivity contribution in [1.82, 2.24) is 0 Å². The van der Waals surface area contributed by atoms with Gasteiger partial charge in [-0.25, -0.2) is 0 Å². The van der Waals surface area contributed by atoms with Crippen molar-refractivity contribution in [2.24, 2.45) is 0 Å². The van der Waals surface area contributed by atoms with Gasteiger partial charge in [-0.15, -0.1) is 0 Å². The quantitative estimate of drug-likeness (QED) is 0.408. The van der Waals surface area contributed by atoms with Crippen molar-refractivity contribution in [3.8, 4) is 0 Å². The summed E-state index contributed by atoms with van der Waals surface area (Å²) in [5.41, 5.74) is 0. The highest BCUT2D eigenvalue weighted by atomic mass is 127. The lowest BCUT2D eigenvalue weighted by molar-refractivity contribution is -0.137. The zero-order valence-corrected chi connectivity index (χ0v) is 6.77. The smallest absolute Gasteiger partial charge is 0.311 e. The Morgan fingerprint density at radius 1 is 1.88 bits per heavy atom. The monoisotopic (exact) mass is 226 g/mol. The van der Waals surface area contributed by atoms with E-state index in [1.807, 2.05) is 22.6 Å². The largest absolute Gasteiger partial charge is 0.421 e. The molecule has 8 heavy (non-hydrogen) atoms. The summed E-state index contributed by atoms with van der Waals surface area (Å²) < 4.78 is 4.98. The molecule has 0 fully saturated rings. The third-order valence-corrected chi connectivity index (χ3v) is 0.733. The summed E-state index contributed by atoms with van der Waals surface area (Å²) in [5.74, 6) is -0.232. The normalized spacial score (nSPS) is 8.25. The van der Waals surface area contributed by atoms with Gasteiger partial charge in [0, 0.05) is 6.42 Å². The predicted octanol–water partition coefficient (Wildman–Crippen LogP) is 1.85. The maximum Gasteiger partial charge on any atom is 0.311 e. The molecule has 0 radical (unpaired) electrons. The number of esters is 1. The van der Waals surface area contributed by atoms with Crippen molar-refractivity contribution < 1.29 is 9.53 Å². The number of halogens is 1. The molecule has 2 nitrogen and oxygen atoms in total. The molecule has 0 saturated carbocycles. The Kier molecular flexibility index (Phi) is 3.85. The van der Waals surface area contributed by atoms with Crippen LogP contribution in [0.5, 0.6) is 0 Å². The fraction of sp³-hybridized carbons (Fsp3) is 0.400. The third-order valence-electron chi connectivity index (χ3n) is 0.513. The molecule has 46 valence electrons. The summed E-state index contributed by atoms with van der Waals surface area (Å²) in [6, 6.07) is 0. The first-order valence-electron chi connectivity index (χ1n) is 2.22. The van der Waals surface area contributed by atoms with E-state index in [0.29, 0.717) is 10.2 Å². The molecule has 3 heteroatoms. The molecular formula is C5H7IO2. The topological polar surface area (TPSA) is 26.3 Å². The van der Waals surface area contributed by atoms with E-state index in [-0.39, 0.29) is 5.97 Å². The van der Waals surface area contributed by atoms with Gasteiger partial charge in [0.15, 0.2) is 3.77 Å². The van der Waals surface area contributed by atoms with E-state index < -0.39 is 0 Å². The van der Waals surface area contributed by atoms with Crippen LogP contribution < -0.4 is 0 Å². The number of ether oxygens (including phenoxy) is 1. The molecule has 0 rings (SSSR count). The van der Waals surface area contributed by atoms with Crippen LogP contribution in [0, 0.1) is 0 Å². The second-order valence-electron chi connectivity index (χ2n) is 1.18. The molecule has 0 N–H and O–H groups in total. The van der Waals surface area contributed by atoms with Gasteiger partial charge in [-0.3, -0.25) is 4.79 Å². The lowest BCUT2D eigenvalue weighted by Crippen LogP contribution is -1.97. The van der Waals surface area contributed by atoms with E-state index in [1.165, 1.54) is 0 Å². The molecule has 0 aliphatic carbocycles. The van der Waals surface area contributed by atoms with Gasteiger partial charge in [0.05, 0.1) is 0 Å². The lowest BCUT2D eigenvalue weighted by Gasteiger charge is -1.95. The average Bonchev–Trinajstić information content (AvgIpc) is 1.65. The van der Waals surface area contributed by atoms with Crippen LogP contribution in [0.4, 0.5) is 0 Å². The van der Waals surface area contributed by atoms with Crippen LogP contribution in [0.15, 0.2) is 10.3 Å². The third kappa shape index (κ3) is 4.11. The highest BCUT2D eigenvalue weighted by Gasteiger charge is 1.96. The Morgan fingerprint density at radius 2 is 2.38 bits per heavy atom. The summed E-state index contributed by atoms with van der Waals surface area (Å²) in [7, 11) is 0. The summed E-state index contributed by atoms with van der Waals surface area (Å²) in [6.45, 7) is 5.12. The highest BCUT2D eigenvalue weighted by Crippen LogP contribution is 2.04. The van der Waals surface area contributed by atoms with Crippen molar-refractivity contribution in [1.29, 1.82) is 0 Å². The van der Waals surface area contributed by atoms with E-state index in [9.17, 15) is 4.79 Å². The minimum atomic E-state index is -0.232. The van der Waals surface area contributed by atoms with Crippen molar-refractivity contribution in [3.63, 3.8) is 0 Å². The minimum absolute atomic E-state index is 0.232. The van der Waals surface area contributed by atoms with E-state index in [1.54, 1.807) is 6.92 Å². The van der Waals surface area contributed by atoms with Gasteiger partial charge >= 0.3 is 5.97 Å². The SMILES string of the molecule is C=C(I)OC(=O)CC. The Balaban J connectivity index is 3.40. The molecule has 0 unspecified atom stereocenters. The van der Waals surface area contributed by atoms with Crippen LogP contribution >= 0.6 is 22.6 Å². The second kappa shape index (κ2) is 3.88. The fourth-order valence-corrected chi connectivity index (χ4v) is 0.441. The molecule has 0 heterocycles. The van der Waals surface area contributed by atoms with Crippen LogP contribution in [-0.4, -0.2) is 5.97 Å². The summed E-state index contributed by atoms with van der Waals surface area (Å²) in [4.78, 5) is 10.3. The highest BCUT2D eigenvalue weighted by molar-refractivity contribution is 14.1. The molecule has 0 aliphatic heterocycles. The average molecular weight is 226 g/mol. The lowest BCUT2D eigenvalue weighted by atomic mass is 10.5. The van der Waals surface area contributed by atoms with E-state index in [4.69, 9.17) is 0 Å². The maximum absolute atomic E-state index is 10.3. The summed E-state index contributed by atoms with van der Waals surface area (Å²) in [5, 5.41) is 0. The Hall–Kier alpha value is -0.0600. The Morgan fingerprint density at radius 3 is 2.50 bits per heavy atom. The molecule has 0 bridgehead atoms. The molecular weight excluding hydrogens is 219 g/mol. The maximum atomic E-state index is 10.3. The van der Waals surface area contributed by atoms with Crippen LogP contribution in [-0.2, 0) is 9.53 Å². The van der Waals surface area contributed by atoms with Crippen molar-refractivity contribution in [3.05, 3.63) is 10.3 Å².